The maximum atomic E-state index is 10.3. The van der Waals surface area contributed by atoms with Gasteiger partial charge in [0.2, 0.25) is 0 Å². The summed E-state index contributed by atoms with van der Waals surface area (Å²) in [5, 5.41) is 11.3. The van der Waals surface area contributed by atoms with Crippen LogP contribution in [0.2, 0.25) is 10.0 Å². The van der Waals surface area contributed by atoms with Gasteiger partial charge < -0.3 is 9.84 Å². The molecule has 2 rings (SSSR count). The van der Waals surface area contributed by atoms with Crippen molar-refractivity contribution in [2.75, 3.05) is 20.7 Å². The van der Waals surface area contributed by atoms with E-state index in [1.165, 1.54) is 0 Å². The number of aliphatic hydroxyl groups is 1. The average molecular weight is 340 g/mol. The first-order valence-electron chi connectivity index (χ1n) is 6.94. The molecule has 1 unspecified atom stereocenters. The van der Waals surface area contributed by atoms with Crippen molar-refractivity contribution in [1.82, 2.24) is 4.90 Å². The van der Waals surface area contributed by atoms with Crippen LogP contribution in [0.5, 0.6) is 5.75 Å². The van der Waals surface area contributed by atoms with Crippen molar-refractivity contribution in [2.24, 2.45) is 0 Å². The van der Waals surface area contributed by atoms with E-state index in [0.717, 1.165) is 23.4 Å². The van der Waals surface area contributed by atoms with Crippen LogP contribution in [0.1, 0.15) is 17.2 Å². The van der Waals surface area contributed by atoms with E-state index in [2.05, 4.69) is 0 Å². The number of rotatable bonds is 6. The Morgan fingerprint density at radius 3 is 2.59 bits per heavy atom. The monoisotopic (exact) mass is 339 g/mol. The van der Waals surface area contributed by atoms with Crippen LogP contribution in [0.15, 0.2) is 42.5 Å². The lowest BCUT2D eigenvalue weighted by Crippen LogP contribution is -2.24. The highest BCUT2D eigenvalue weighted by Gasteiger charge is 2.12. The summed E-state index contributed by atoms with van der Waals surface area (Å²) in [6, 6.07) is 13.1. The number of aliphatic hydroxyl groups excluding tert-OH is 1. The number of methoxy groups -OCH3 is 1. The molecule has 1 atom stereocenters. The molecule has 0 spiro atoms. The van der Waals surface area contributed by atoms with E-state index in [1.54, 1.807) is 25.3 Å². The van der Waals surface area contributed by atoms with E-state index in [1.807, 2.05) is 36.2 Å². The SMILES string of the molecule is COc1cccc(CN(C)CC(O)c2ccc(Cl)c(Cl)c2)c1. The third-order valence-electron chi connectivity index (χ3n) is 3.40. The normalized spacial score (nSPS) is 12.5. The fraction of sp³-hybridized carbons (Fsp3) is 0.294. The minimum Gasteiger partial charge on any atom is -0.497 e. The van der Waals surface area contributed by atoms with Gasteiger partial charge in [0, 0.05) is 13.1 Å². The van der Waals surface area contributed by atoms with Gasteiger partial charge in [0.05, 0.1) is 23.3 Å². The molecule has 0 aliphatic carbocycles. The molecular weight excluding hydrogens is 321 g/mol. The lowest BCUT2D eigenvalue weighted by atomic mass is 10.1. The standard InChI is InChI=1S/C17H19Cl2NO2/c1-20(10-12-4-3-5-14(8-12)22-2)11-17(21)13-6-7-15(18)16(19)9-13/h3-9,17,21H,10-11H2,1-2H3. The molecule has 3 nitrogen and oxygen atoms in total. The smallest absolute Gasteiger partial charge is 0.119 e. The van der Waals surface area contributed by atoms with E-state index in [4.69, 9.17) is 27.9 Å². The van der Waals surface area contributed by atoms with E-state index < -0.39 is 6.10 Å². The number of hydrogen-bond donors (Lipinski definition) is 1. The van der Waals surface area contributed by atoms with Crippen LogP contribution in [0, 0.1) is 0 Å². The van der Waals surface area contributed by atoms with Crippen LogP contribution in [0.3, 0.4) is 0 Å². The van der Waals surface area contributed by atoms with Crippen LogP contribution in [-0.4, -0.2) is 30.7 Å². The fourth-order valence-corrected chi connectivity index (χ4v) is 2.57. The molecule has 0 aromatic heterocycles. The maximum absolute atomic E-state index is 10.3. The van der Waals surface area contributed by atoms with Crippen LogP contribution in [0.25, 0.3) is 0 Å². The number of hydrogen-bond acceptors (Lipinski definition) is 3. The molecule has 0 heterocycles. The van der Waals surface area contributed by atoms with Gasteiger partial charge in [-0.1, -0.05) is 41.4 Å². The lowest BCUT2D eigenvalue weighted by molar-refractivity contribution is 0.124. The molecule has 0 radical (unpaired) electrons. The second-order valence-corrected chi connectivity index (χ2v) is 6.05. The van der Waals surface area contributed by atoms with Gasteiger partial charge in [0.25, 0.3) is 0 Å². The Morgan fingerprint density at radius 1 is 1.14 bits per heavy atom. The molecule has 0 amide bonds. The number of likely N-dealkylation sites (N-methyl/N-ethyl adjacent to an activating group) is 1. The van der Waals surface area contributed by atoms with Crippen LogP contribution >= 0.6 is 23.2 Å². The third kappa shape index (κ3) is 4.62. The van der Waals surface area contributed by atoms with Gasteiger partial charge in [0.1, 0.15) is 5.75 Å². The molecule has 2 aromatic carbocycles. The number of benzene rings is 2. The third-order valence-corrected chi connectivity index (χ3v) is 4.14. The first-order valence-corrected chi connectivity index (χ1v) is 7.69. The summed E-state index contributed by atoms with van der Waals surface area (Å²) in [6.07, 6.45) is -0.620. The van der Waals surface area contributed by atoms with Crippen molar-refractivity contribution >= 4 is 23.2 Å². The van der Waals surface area contributed by atoms with E-state index in [0.29, 0.717) is 16.6 Å². The fourth-order valence-electron chi connectivity index (χ4n) is 2.27. The minimum absolute atomic E-state index is 0.452. The van der Waals surface area contributed by atoms with Crippen molar-refractivity contribution in [3.05, 3.63) is 63.6 Å². The zero-order valence-electron chi connectivity index (χ0n) is 12.6. The van der Waals surface area contributed by atoms with E-state index >= 15 is 0 Å². The molecule has 0 aliphatic rings. The number of halogens is 2. The molecule has 0 bridgehead atoms. The summed E-state index contributed by atoms with van der Waals surface area (Å²) in [5.41, 5.74) is 1.88. The second kappa shape index (κ2) is 7.84. The highest BCUT2D eigenvalue weighted by atomic mass is 35.5. The Kier molecular flexibility index (Phi) is 6.09. The van der Waals surface area contributed by atoms with Crippen LogP contribution < -0.4 is 4.74 Å². The van der Waals surface area contributed by atoms with Gasteiger partial charge in [-0.25, -0.2) is 0 Å². The average Bonchev–Trinajstić information content (AvgIpc) is 2.50. The first-order chi connectivity index (χ1) is 10.5. The maximum Gasteiger partial charge on any atom is 0.119 e. The second-order valence-electron chi connectivity index (χ2n) is 5.24. The van der Waals surface area contributed by atoms with Crippen molar-refractivity contribution in [3.63, 3.8) is 0 Å². The van der Waals surface area contributed by atoms with Gasteiger partial charge in [-0.3, -0.25) is 4.90 Å². The van der Waals surface area contributed by atoms with Crippen molar-refractivity contribution < 1.29 is 9.84 Å². The lowest BCUT2D eigenvalue weighted by Gasteiger charge is -2.21. The molecule has 0 saturated heterocycles. The Labute approximate surface area is 141 Å². The molecule has 118 valence electrons. The van der Waals surface area contributed by atoms with Gasteiger partial charge in [-0.05, 0) is 42.4 Å². The van der Waals surface area contributed by atoms with E-state index in [-0.39, 0.29) is 0 Å². The van der Waals surface area contributed by atoms with Crippen LogP contribution in [-0.2, 0) is 6.54 Å². The summed E-state index contributed by atoms with van der Waals surface area (Å²) in [7, 11) is 3.61. The first kappa shape index (κ1) is 17.1. The summed E-state index contributed by atoms with van der Waals surface area (Å²) in [4.78, 5) is 2.04. The van der Waals surface area contributed by atoms with E-state index in [9.17, 15) is 5.11 Å². The molecule has 1 N–H and O–H groups in total. The molecule has 0 saturated carbocycles. The van der Waals surface area contributed by atoms with Gasteiger partial charge in [0.15, 0.2) is 0 Å². The molecule has 22 heavy (non-hydrogen) atoms. The summed E-state index contributed by atoms with van der Waals surface area (Å²) in [6.45, 7) is 1.21. The Morgan fingerprint density at radius 2 is 1.91 bits per heavy atom. The quantitative estimate of drug-likeness (QED) is 0.857. The van der Waals surface area contributed by atoms with Crippen molar-refractivity contribution in [1.29, 1.82) is 0 Å². The predicted octanol–water partition coefficient (Wildman–Crippen LogP) is 4.17. The molecule has 0 fully saturated rings. The molecule has 5 heteroatoms. The van der Waals surface area contributed by atoms with Gasteiger partial charge in [-0.15, -0.1) is 0 Å². The highest BCUT2D eigenvalue weighted by Crippen LogP contribution is 2.26. The molecule has 0 aliphatic heterocycles. The summed E-state index contributed by atoms with van der Waals surface area (Å²) < 4.78 is 5.22. The zero-order chi connectivity index (χ0) is 16.1. The Balaban J connectivity index is 1.98. The predicted molar refractivity (Wildman–Crippen MR) is 90.7 cm³/mol. The molecule has 2 aromatic rings. The summed E-state index contributed by atoms with van der Waals surface area (Å²) in [5.74, 6) is 0.830. The van der Waals surface area contributed by atoms with Crippen molar-refractivity contribution in [2.45, 2.75) is 12.6 Å². The molecular formula is C17H19Cl2NO2. The minimum atomic E-state index is -0.620. The Bertz CT molecular complexity index is 634. The van der Waals surface area contributed by atoms with Gasteiger partial charge in [-0.2, -0.15) is 0 Å². The van der Waals surface area contributed by atoms with Crippen molar-refractivity contribution in [3.8, 4) is 5.75 Å². The zero-order valence-corrected chi connectivity index (χ0v) is 14.1. The highest BCUT2D eigenvalue weighted by molar-refractivity contribution is 6.42. The van der Waals surface area contributed by atoms with Crippen LogP contribution in [0.4, 0.5) is 0 Å². The number of nitrogens with zero attached hydrogens (tertiary/aromatic N) is 1. The topological polar surface area (TPSA) is 32.7 Å². The largest absolute Gasteiger partial charge is 0.497 e. The van der Waals surface area contributed by atoms with Gasteiger partial charge >= 0.3 is 0 Å². The summed E-state index contributed by atoms with van der Waals surface area (Å²) >= 11 is 11.9. The Hall–Kier alpha value is -1.26. The number of ether oxygens (including phenoxy) is 1.